The molecule has 0 unspecified atom stereocenters. The molecule has 0 fully saturated rings. The summed E-state index contributed by atoms with van der Waals surface area (Å²) in [6, 6.07) is 6.95. The summed E-state index contributed by atoms with van der Waals surface area (Å²) in [6.07, 6.45) is 2.97. The molecule has 0 amide bonds. The summed E-state index contributed by atoms with van der Waals surface area (Å²) < 4.78 is 26.6. The van der Waals surface area contributed by atoms with Crippen molar-refractivity contribution in [1.82, 2.24) is 10.0 Å². The first-order valence-corrected chi connectivity index (χ1v) is 8.65. The zero-order chi connectivity index (χ0) is 13.4. The van der Waals surface area contributed by atoms with Crippen LogP contribution in [-0.2, 0) is 10.0 Å². The molecule has 0 saturated carbocycles. The van der Waals surface area contributed by atoms with Crippen LogP contribution >= 0.6 is 24.2 Å². The SMILES string of the molecule is CCCNCCNS(=O)(=O)c1cccc(SC)c1.Cl. The van der Waals surface area contributed by atoms with Crippen molar-refractivity contribution in [2.75, 3.05) is 25.9 Å². The lowest BCUT2D eigenvalue weighted by Gasteiger charge is -2.08. The lowest BCUT2D eigenvalue weighted by molar-refractivity contribution is 0.575. The zero-order valence-electron chi connectivity index (χ0n) is 11.2. The summed E-state index contributed by atoms with van der Waals surface area (Å²) in [7, 11) is -3.38. The van der Waals surface area contributed by atoms with E-state index in [9.17, 15) is 8.42 Å². The highest BCUT2D eigenvalue weighted by molar-refractivity contribution is 7.98. The van der Waals surface area contributed by atoms with E-state index in [2.05, 4.69) is 17.0 Å². The number of thioether (sulfide) groups is 1. The van der Waals surface area contributed by atoms with E-state index in [1.807, 2.05) is 12.3 Å². The number of nitrogens with one attached hydrogen (secondary N) is 2. The Balaban J connectivity index is 0.00000324. The van der Waals surface area contributed by atoms with Crippen molar-refractivity contribution < 1.29 is 8.42 Å². The number of rotatable bonds is 8. The number of benzene rings is 1. The molecular weight excluding hydrogens is 304 g/mol. The van der Waals surface area contributed by atoms with Gasteiger partial charge in [-0.2, -0.15) is 0 Å². The number of halogens is 1. The summed E-state index contributed by atoms with van der Waals surface area (Å²) in [6.45, 7) is 4.04. The highest BCUT2D eigenvalue weighted by Gasteiger charge is 2.13. The number of sulfonamides is 1. The molecule has 1 aromatic rings. The maximum absolute atomic E-state index is 12.0. The van der Waals surface area contributed by atoms with Crippen LogP contribution in [0.15, 0.2) is 34.1 Å². The maximum Gasteiger partial charge on any atom is 0.240 e. The Morgan fingerprint density at radius 3 is 2.58 bits per heavy atom. The second kappa shape index (κ2) is 9.61. The van der Waals surface area contributed by atoms with E-state index in [1.165, 1.54) is 11.8 Å². The van der Waals surface area contributed by atoms with Crippen LogP contribution in [0.3, 0.4) is 0 Å². The van der Waals surface area contributed by atoms with Crippen molar-refractivity contribution in [3.05, 3.63) is 24.3 Å². The van der Waals surface area contributed by atoms with E-state index in [1.54, 1.807) is 18.2 Å². The molecule has 19 heavy (non-hydrogen) atoms. The summed E-state index contributed by atoms with van der Waals surface area (Å²) in [4.78, 5) is 1.27. The minimum Gasteiger partial charge on any atom is -0.315 e. The lowest BCUT2D eigenvalue weighted by Crippen LogP contribution is -2.32. The summed E-state index contributed by atoms with van der Waals surface area (Å²) in [5.74, 6) is 0. The zero-order valence-corrected chi connectivity index (χ0v) is 13.6. The minimum atomic E-state index is -3.38. The predicted octanol–water partition coefficient (Wildman–Crippen LogP) is 2.11. The van der Waals surface area contributed by atoms with Crippen LogP contribution in [0.2, 0.25) is 0 Å². The number of hydrogen-bond acceptors (Lipinski definition) is 4. The molecule has 0 heterocycles. The third-order valence-electron chi connectivity index (χ3n) is 2.37. The largest absolute Gasteiger partial charge is 0.315 e. The molecule has 0 aromatic heterocycles. The van der Waals surface area contributed by atoms with Crippen LogP contribution in [-0.4, -0.2) is 34.3 Å². The molecule has 0 radical (unpaired) electrons. The van der Waals surface area contributed by atoms with Gasteiger partial charge < -0.3 is 5.32 Å². The van der Waals surface area contributed by atoms with Crippen LogP contribution in [0.4, 0.5) is 0 Å². The molecule has 0 aliphatic carbocycles. The van der Waals surface area contributed by atoms with Crippen molar-refractivity contribution in [2.45, 2.75) is 23.1 Å². The molecule has 110 valence electrons. The van der Waals surface area contributed by atoms with Crippen molar-refractivity contribution in [3.63, 3.8) is 0 Å². The third-order valence-corrected chi connectivity index (χ3v) is 4.56. The van der Waals surface area contributed by atoms with Crippen molar-refractivity contribution in [1.29, 1.82) is 0 Å². The Morgan fingerprint density at radius 2 is 1.95 bits per heavy atom. The first kappa shape index (κ1) is 18.7. The van der Waals surface area contributed by atoms with Crippen LogP contribution in [0.1, 0.15) is 13.3 Å². The molecule has 0 atom stereocenters. The van der Waals surface area contributed by atoms with Gasteiger partial charge in [-0.05, 0) is 37.4 Å². The van der Waals surface area contributed by atoms with Gasteiger partial charge >= 0.3 is 0 Å². The Hall–Kier alpha value is -0.270. The van der Waals surface area contributed by atoms with Gasteiger partial charge in [0, 0.05) is 18.0 Å². The van der Waals surface area contributed by atoms with E-state index in [4.69, 9.17) is 0 Å². The van der Waals surface area contributed by atoms with Gasteiger partial charge in [0.2, 0.25) is 10.0 Å². The quantitative estimate of drug-likeness (QED) is 0.568. The second-order valence-electron chi connectivity index (χ2n) is 3.83. The van der Waals surface area contributed by atoms with Crippen molar-refractivity contribution >= 4 is 34.2 Å². The Labute approximate surface area is 126 Å². The predicted molar refractivity (Wildman–Crippen MR) is 83.8 cm³/mol. The lowest BCUT2D eigenvalue weighted by atomic mass is 10.4. The summed E-state index contributed by atoms with van der Waals surface area (Å²) in [5.41, 5.74) is 0. The second-order valence-corrected chi connectivity index (χ2v) is 6.47. The van der Waals surface area contributed by atoms with Crippen LogP contribution in [0.5, 0.6) is 0 Å². The minimum absolute atomic E-state index is 0. The fraction of sp³-hybridized carbons (Fsp3) is 0.500. The van der Waals surface area contributed by atoms with E-state index in [0.717, 1.165) is 17.9 Å². The fourth-order valence-electron chi connectivity index (χ4n) is 1.43. The Kier molecular flexibility index (Phi) is 9.47. The fourth-order valence-corrected chi connectivity index (χ4v) is 3.04. The molecule has 0 aliphatic heterocycles. The molecule has 0 bridgehead atoms. The molecule has 7 heteroatoms. The van der Waals surface area contributed by atoms with Gasteiger partial charge in [-0.15, -0.1) is 24.2 Å². The van der Waals surface area contributed by atoms with E-state index in [-0.39, 0.29) is 12.4 Å². The van der Waals surface area contributed by atoms with Crippen LogP contribution in [0.25, 0.3) is 0 Å². The molecule has 0 saturated heterocycles. The Morgan fingerprint density at radius 1 is 1.21 bits per heavy atom. The van der Waals surface area contributed by atoms with E-state index in [0.29, 0.717) is 18.0 Å². The highest BCUT2D eigenvalue weighted by atomic mass is 35.5. The number of hydrogen-bond donors (Lipinski definition) is 2. The van der Waals surface area contributed by atoms with Gasteiger partial charge in [-0.1, -0.05) is 13.0 Å². The molecule has 1 aromatic carbocycles. The standard InChI is InChI=1S/C12H20N2O2S2.ClH/c1-3-7-13-8-9-14-18(15,16)12-6-4-5-11(10-12)17-2;/h4-6,10,13-14H,3,7-9H2,1-2H3;1H. The van der Waals surface area contributed by atoms with Gasteiger partial charge in [-0.25, -0.2) is 13.1 Å². The average molecular weight is 325 g/mol. The Bertz CT molecular complexity index is 467. The van der Waals surface area contributed by atoms with Gasteiger partial charge in [0.1, 0.15) is 0 Å². The van der Waals surface area contributed by atoms with Crippen LogP contribution < -0.4 is 10.0 Å². The summed E-state index contributed by atoms with van der Waals surface area (Å²) >= 11 is 1.53. The van der Waals surface area contributed by atoms with Crippen LogP contribution in [0, 0.1) is 0 Å². The van der Waals surface area contributed by atoms with Crippen molar-refractivity contribution in [3.8, 4) is 0 Å². The average Bonchev–Trinajstić information content (AvgIpc) is 2.38. The maximum atomic E-state index is 12.0. The molecule has 2 N–H and O–H groups in total. The summed E-state index contributed by atoms with van der Waals surface area (Å²) in [5, 5.41) is 3.15. The monoisotopic (exact) mass is 324 g/mol. The molecule has 4 nitrogen and oxygen atoms in total. The normalized spacial score (nSPS) is 11.1. The molecule has 0 aliphatic rings. The van der Waals surface area contributed by atoms with Gasteiger partial charge in [0.05, 0.1) is 4.90 Å². The topological polar surface area (TPSA) is 58.2 Å². The molecular formula is C12H21ClN2O2S2. The highest BCUT2D eigenvalue weighted by Crippen LogP contribution is 2.18. The molecule has 0 spiro atoms. The van der Waals surface area contributed by atoms with Crippen molar-refractivity contribution in [2.24, 2.45) is 0 Å². The van der Waals surface area contributed by atoms with E-state index < -0.39 is 10.0 Å². The van der Waals surface area contributed by atoms with E-state index >= 15 is 0 Å². The van der Waals surface area contributed by atoms with Gasteiger partial charge in [0.25, 0.3) is 0 Å². The van der Waals surface area contributed by atoms with Gasteiger partial charge in [-0.3, -0.25) is 0 Å². The first-order valence-electron chi connectivity index (χ1n) is 5.94. The smallest absolute Gasteiger partial charge is 0.240 e. The first-order chi connectivity index (χ1) is 8.60. The third kappa shape index (κ3) is 6.63. The molecule has 1 rings (SSSR count). The van der Waals surface area contributed by atoms with Gasteiger partial charge in [0.15, 0.2) is 0 Å².